The summed E-state index contributed by atoms with van der Waals surface area (Å²) in [5, 5.41) is 8.27. The van der Waals surface area contributed by atoms with Crippen molar-refractivity contribution < 1.29 is 4.39 Å². The van der Waals surface area contributed by atoms with Crippen molar-refractivity contribution in [3.8, 4) is 0 Å². The monoisotopic (exact) mass is 283 g/mol. The standard InChI is InChI=1S/C17H18FN3/c18-15-8-4-5-9-16(15)20-10-12-21(13-11-20)17(19)14-6-2-1-3-7-14/h1-9,19H,10-13H2. The Hall–Kier alpha value is -2.36. The van der Waals surface area contributed by atoms with E-state index in [0.29, 0.717) is 11.5 Å². The van der Waals surface area contributed by atoms with Gasteiger partial charge in [-0.25, -0.2) is 4.39 Å². The van der Waals surface area contributed by atoms with Crippen LogP contribution in [0, 0.1) is 11.2 Å². The van der Waals surface area contributed by atoms with Gasteiger partial charge in [-0.15, -0.1) is 0 Å². The van der Waals surface area contributed by atoms with Crippen LogP contribution in [-0.4, -0.2) is 36.9 Å². The molecule has 108 valence electrons. The highest BCUT2D eigenvalue weighted by Gasteiger charge is 2.21. The zero-order valence-corrected chi connectivity index (χ0v) is 11.8. The van der Waals surface area contributed by atoms with Gasteiger partial charge in [0.1, 0.15) is 11.7 Å². The lowest BCUT2D eigenvalue weighted by molar-refractivity contribution is 0.382. The van der Waals surface area contributed by atoms with Crippen molar-refractivity contribution in [1.29, 1.82) is 5.41 Å². The van der Waals surface area contributed by atoms with Crippen molar-refractivity contribution in [1.82, 2.24) is 4.90 Å². The van der Waals surface area contributed by atoms with Gasteiger partial charge >= 0.3 is 0 Å². The average Bonchev–Trinajstić information content (AvgIpc) is 2.56. The zero-order chi connectivity index (χ0) is 14.7. The molecule has 3 rings (SSSR count). The van der Waals surface area contributed by atoms with Crippen LogP contribution in [0.4, 0.5) is 10.1 Å². The fourth-order valence-electron chi connectivity index (χ4n) is 2.66. The molecule has 0 bridgehead atoms. The Morgan fingerprint density at radius 1 is 0.857 bits per heavy atom. The number of hydrogen-bond donors (Lipinski definition) is 1. The molecule has 0 radical (unpaired) electrons. The molecule has 0 spiro atoms. The zero-order valence-electron chi connectivity index (χ0n) is 11.8. The summed E-state index contributed by atoms with van der Waals surface area (Å²) in [7, 11) is 0. The number of nitrogens with zero attached hydrogens (tertiary/aromatic N) is 2. The maximum absolute atomic E-state index is 13.8. The van der Waals surface area contributed by atoms with Gasteiger partial charge < -0.3 is 9.80 Å². The molecule has 2 aromatic carbocycles. The van der Waals surface area contributed by atoms with Crippen molar-refractivity contribution in [3.05, 3.63) is 66.0 Å². The molecule has 1 N–H and O–H groups in total. The largest absolute Gasteiger partial charge is 0.366 e. The van der Waals surface area contributed by atoms with Crippen molar-refractivity contribution >= 4 is 11.5 Å². The average molecular weight is 283 g/mol. The number of hydrogen-bond acceptors (Lipinski definition) is 2. The molecule has 3 nitrogen and oxygen atoms in total. The summed E-state index contributed by atoms with van der Waals surface area (Å²) in [6, 6.07) is 16.6. The smallest absolute Gasteiger partial charge is 0.146 e. The third-order valence-electron chi connectivity index (χ3n) is 3.84. The summed E-state index contributed by atoms with van der Waals surface area (Å²) in [5.74, 6) is 0.368. The molecular formula is C17H18FN3. The summed E-state index contributed by atoms with van der Waals surface area (Å²) in [6.45, 7) is 2.94. The van der Waals surface area contributed by atoms with Gasteiger partial charge in [-0.3, -0.25) is 5.41 Å². The van der Waals surface area contributed by atoms with Crippen molar-refractivity contribution in [2.45, 2.75) is 0 Å². The molecule has 0 aliphatic carbocycles. The summed E-state index contributed by atoms with van der Waals surface area (Å²) < 4.78 is 13.8. The third kappa shape index (κ3) is 2.89. The molecule has 1 aliphatic heterocycles. The van der Waals surface area contributed by atoms with Crippen LogP contribution in [0.1, 0.15) is 5.56 Å². The fraction of sp³-hybridized carbons (Fsp3) is 0.235. The van der Waals surface area contributed by atoms with E-state index in [4.69, 9.17) is 5.41 Å². The van der Waals surface area contributed by atoms with Gasteiger partial charge in [0.15, 0.2) is 0 Å². The number of anilines is 1. The molecule has 1 saturated heterocycles. The van der Waals surface area contributed by atoms with Crippen molar-refractivity contribution in [2.75, 3.05) is 31.1 Å². The Kier molecular flexibility index (Phi) is 3.86. The summed E-state index contributed by atoms with van der Waals surface area (Å²) in [6.07, 6.45) is 0. The predicted octanol–water partition coefficient (Wildman–Crippen LogP) is 2.97. The number of halogens is 1. The Bertz CT molecular complexity index is 619. The Morgan fingerprint density at radius 3 is 2.14 bits per heavy atom. The quantitative estimate of drug-likeness (QED) is 0.678. The normalized spacial score (nSPS) is 15.1. The number of benzene rings is 2. The van der Waals surface area contributed by atoms with Crippen molar-refractivity contribution in [3.63, 3.8) is 0 Å². The molecule has 1 heterocycles. The SMILES string of the molecule is N=C(c1ccccc1)N1CCN(c2ccccc2F)CC1. The van der Waals surface area contributed by atoms with Crippen LogP contribution < -0.4 is 4.90 Å². The summed E-state index contributed by atoms with van der Waals surface area (Å²) in [4.78, 5) is 4.09. The van der Waals surface area contributed by atoms with Crippen LogP contribution >= 0.6 is 0 Å². The Balaban J connectivity index is 1.66. The first-order valence-corrected chi connectivity index (χ1v) is 7.14. The second-order valence-electron chi connectivity index (χ2n) is 5.14. The fourth-order valence-corrected chi connectivity index (χ4v) is 2.66. The van der Waals surface area contributed by atoms with Gasteiger partial charge in [-0.2, -0.15) is 0 Å². The number of amidine groups is 1. The molecular weight excluding hydrogens is 265 g/mol. The van der Waals surface area contributed by atoms with Crippen LogP contribution in [0.3, 0.4) is 0 Å². The highest BCUT2D eigenvalue weighted by molar-refractivity contribution is 5.96. The van der Waals surface area contributed by atoms with E-state index in [1.54, 1.807) is 6.07 Å². The van der Waals surface area contributed by atoms with Gasteiger partial charge in [-0.1, -0.05) is 42.5 Å². The lowest BCUT2D eigenvalue weighted by Crippen LogP contribution is -2.49. The molecule has 0 atom stereocenters. The van der Waals surface area contributed by atoms with Crippen LogP contribution in [0.5, 0.6) is 0 Å². The van der Waals surface area contributed by atoms with E-state index in [1.807, 2.05) is 52.3 Å². The first kappa shape index (κ1) is 13.6. The second-order valence-corrected chi connectivity index (χ2v) is 5.14. The molecule has 1 aliphatic rings. The van der Waals surface area contributed by atoms with Crippen LogP contribution in [0.2, 0.25) is 0 Å². The lowest BCUT2D eigenvalue weighted by Gasteiger charge is -2.37. The van der Waals surface area contributed by atoms with Gasteiger partial charge in [-0.05, 0) is 12.1 Å². The highest BCUT2D eigenvalue weighted by Crippen LogP contribution is 2.20. The van der Waals surface area contributed by atoms with E-state index in [0.717, 1.165) is 31.7 Å². The number of para-hydroxylation sites is 1. The Labute approximate surface area is 124 Å². The second kappa shape index (κ2) is 5.95. The third-order valence-corrected chi connectivity index (χ3v) is 3.84. The van der Waals surface area contributed by atoms with Crippen LogP contribution in [-0.2, 0) is 0 Å². The Morgan fingerprint density at radius 2 is 1.48 bits per heavy atom. The van der Waals surface area contributed by atoms with Gasteiger partial charge in [0, 0.05) is 31.7 Å². The molecule has 2 aromatic rings. The first-order valence-electron chi connectivity index (χ1n) is 7.14. The van der Waals surface area contributed by atoms with Gasteiger partial charge in [0.05, 0.1) is 5.69 Å². The molecule has 21 heavy (non-hydrogen) atoms. The number of nitrogens with one attached hydrogen (secondary N) is 1. The molecule has 1 fully saturated rings. The molecule has 0 unspecified atom stereocenters. The first-order chi connectivity index (χ1) is 10.3. The summed E-state index contributed by atoms with van der Waals surface area (Å²) in [5.41, 5.74) is 1.58. The van der Waals surface area contributed by atoms with Crippen LogP contribution in [0.25, 0.3) is 0 Å². The van der Waals surface area contributed by atoms with E-state index in [9.17, 15) is 4.39 Å². The van der Waals surface area contributed by atoms with Gasteiger partial charge in [0.25, 0.3) is 0 Å². The van der Waals surface area contributed by atoms with Gasteiger partial charge in [0.2, 0.25) is 0 Å². The predicted molar refractivity (Wildman–Crippen MR) is 83.5 cm³/mol. The van der Waals surface area contributed by atoms with Crippen molar-refractivity contribution in [2.24, 2.45) is 0 Å². The molecule has 4 heteroatoms. The van der Waals surface area contributed by atoms with E-state index < -0.39 is 0 Å². The number of piperazine rings is 1. The minimum Gasteiger partial charge on any atom is -0.366 e. The molecule has 0 aromatic heterocycles. The minimum atomic E-state index is -0.177. The number of rotatable bonds is 2. The van der Waals surface area contributed by atoms with E-state index in [1.165, 1.54) is 6.07 Å². The highest BCUT2D eigenvalue weighted by atomic mass is 19.1. The maximum atomic E-state index is 13.8. The van der Waals surface area contributed by atoms with E-state index >= 15 is 0 Å². The topological polar surface area (TPSA) is 30.3 Å². The molecule has 0 amide bonds. The van der Waals surface area contributed by atoms with Crippen LogP contribution in [0.15, 0.2) is 54.6 Å². The lowest BCUT2D eigenvalue weighted by atomic mass is 10.1. The van der Waals surface area contributed by atoms with E-state index in [-0.39, 0.29) is 5.82 Å². The maximum Gasteiger partial charge on any atom is 0.146 e. The molecule has 0 saturated carbocycles. The van der Waals surface area contributed by atoms with E-state index in [2.05, 4.69) is 0 Å². The minimum absolute atomic E-state index is 0.177. The summed E-state index contributed by atoms with van der Waals surface area (Å²) >= 11 is 0.